The van der Waals surface area contributed by atoms with Crippen molar-refractivity contribution in [3.05, 3.63) is 65.5 Å². The molecule has 0 heterocycles. The lowest BCUT2D eigenvalue weighted by Gasteiger charge is -2.05. The highest BCUT2D eigenvalue weighted by Gasteiger charge is 2.10. The van der Waals surface area contributed by atoms with Crippen LogP contribution in [0.15, 0.2) is 42.5 Å². The van der Waals surface area contributed by atoms with E-state index in [1.165, 1.54) is 18.2 Å². The van der Waals surface area contributed by atoms with Gasteiger partial charge in [0.2, 0.25) is 0 Å². The van der Waals surface area contributed by atoms with Crippen LogP contribution in [-0.4, -0.2) is 5.91 Å². The maximum Gasteiger partial charge on any atom is 0.255 e. The highest BCUT2D eigenvalue weighted by atomic mass is 19.2. The Labute approximate surface area is 101 Å². The van der Waals surface area contributed by atoms with Crippen LogP contribution in [0.2, 0.25) is 0 Å². The molecule has 0 saturated carbocycles. The number of hydrogen-bond acceptors (Lipinski definition) is 1. The lowest BCUT2D eigenvalue weighted by atomic mass is 10.2. The monoisotopic (exact) mass is 251 g/mol. The van der Waals surface area contributed by atoms with Gasteiger partial charge in [0.25, 0.3) is 5.91 Å². The average molecular weight is 251 g/mol. The number of benzene rings is 2. The van der Waals surface area contributed by atoms with Gasteiger partial charge in [-0.3, -0.25) is 4.79 Å². The quantitative estimate of drug-likeness (QED) is 0.871. The molecule has 0 aliphatic heterocycles. The van der Waals surface area contributed by atoms with Crippen molar-refractivity contribution in [1.29, 1.82) is 0 Å². The topological polar surface area (TPSA) is 29.1 Å². The predicted octanol–water partition coefficient (Wildman–Crippen LogP) is 3.36. The van der Waals surface area contributed by atoms with Crippen molar-refractivity contribution >= 4 is 11.6 Å². The van der Waals surface area contributed by atoms with Crippen LogP contribution in [0, 0.1) is 17.5 Å². The van der Waals surface area contributed by atoms with E-state index >= 15 is 0 Å². The Balaban J connectivity index is 2.19. The zero-order chi connectivity index (χ0) is 13.1. The Hall–Kier alpha value is -2.30. The van der Waals surface area contributed by atoms with Crippen LogP contribution in [0.3, 0.4) is 0 Å². The van der Waals surface area contributed by atoms with E-state index in [4.69, 9.17) is 0 Å². The summed E-state index contributed by atoms with van der Waals surface area (Å²) >= 11 is 0. The Morgan fingerprint density at radius 3 is 2.39 bits per heavy atom. The summed E-state index contributed by atoms with van der Waals surface area (Å²) in [7, 11) is 0. The minimum absolute atomic E-state index is 0.0434. The second-order valence-corrected chi connectivity index (χ2v) is 3.59. The van der Waals surface area contributed by atoms with Gasteiger partial charge in [0, 0.05) is 11.3 Å². The number of carbonyl (C=O) groups is 1. The molecule has 0 radical (unpaired) electrons. The van der Waals surface area contributed by atoms with Crippen LogP contribution >= 0.6 is 0 Å². The number of halogens is 3. The maximum absolute atomic E-state index is 12.9. The zero-order valence-electron chi connectivity index (χ0n) is 9.08. The Bertz CT molecular complexity index is 599. The lowest BCUT2D eigenvalue weighted by Crippen LogP contribution is -2.12. The largest absolute Gasteiger partial charge is 0.322 e. The number of amides is 1. The lowest BCUT2D eigenvalue weighted by molar-refractivity contribution is 0.102. The van der Waals surface area contributed by atoms with Gasteiger partial charge in [-0.1, -0.05) is 6.07 Å². The van der Waals surface area contributed by atoms with Gasteiger partial charge in [0.1, 0.15) is 5.82 Å². The van der Waals surface area contributed by atoms with Crippen molar-refractivity contribution in [2.75, 3.05) is 5.32 Å². The number of carbonyl (C=O) groups excluding carboxylic acids is 1. The first-order valence-corrected chi connectivity index (χ1v) is 5.08. The van der Waals surface area contributed by atoms with Crippen LogP contribution in [0.1, 0.15) is 10.4 Å². The van der Waals surface area contributed by atoms with Crippen molar-refractivity contribution in [3.63, 3.8) is 0 Å². The molecular formula is C13H8F3NO. The van der Waals surface area contributed by atoms with E-state index in [0.717, 1.165) is 24.3 Å². The summed E-state index contributed by atoms with van der Waals surface area (Å²) in [5.41, 5.74) is 0.197. The van der Waals surface area contributed by atoms with E-state index in [9.17, 15) is 18.0 Å². The van der Waals surface area contributed by atoms with Crippen LogP contribution in [0.4, 0.5) is 18.9 Å². The molecule has 0 fully saturated rings. The summed E-state index contributed by atoms with van der Waals surface area (Å²) in [6.07, 6.45) is 0. The van der Waals surface area contributed by atoms with Gasteiger partial charge >= 0.3 is 0 Å². The molecule has 18 heavy (non-hydrogen) atoms. The van der Waals surface area contributed by atoms with E-state index in [1.807, 2.05) is 0 Å². The van der Waals surface area contributed by atoms with Gasteiger partial charge in [-0.2, -0.15) is 0 Å². The van der Waals surface area contributed by atoms with E-state index in [1.54, 1.807) is 0 Å². The molecule has 0 spiro atoms. The predicted molar refractivity (Wildman–Crippen MR) is 60.7 cm³/mol. The van der Waals surface area contributed by atoms with Crippen LogP contribution in [-0.2, 0) is 0 Å². The van der Waals surface area contributed by atoms with Crippen molar-refractivity contribution in [3.8, 4) is 0 Å². The molecule has 1 amide bonds. The third-order valence-electron chi connectivity index (χ3n) is 2.26. The number of anilines is 1. The van der Waals surface area contributed by atoms with Gasteiger partial charge in [-0.05, 0) is 36.4 Å². The fourth-order valence-electron chi connectivity index (χ4n) is 1.41. The number of nitrogens with one attached hydrogen (secondary N) is 1. The molecule has 2 rings (SSSR count). The molecule has 0 saturated heterocycles. The van der Waals surface area contributed by atoms with Gasteiger partial charge < -0.3 is 5.32 Å². The normalized spacial score (nSPS) is 10.2. The summed E-state index contributed by atoms with van der Waals surface area (Å²) in [6, 6.07) is 8.05. The maximum atomic E-state index is 12.9. The number of rotatable bonds is 2. The summed E-state index contributed by atoms with van der Waals surface area (Å²) < 4.78 is 38.5. The van der Waals surface area contributed by atoms with Gasteiger partial charge in [0.05, 0.1) is 0 Å². The first kappa shape index (κ1) is 12.2. The molecule has 0 aliphatic rings. The Morgan fingerprint density at radius 1 is 0.944 bits per heavy atom. The molecule has 2 nitrogen and oxygen atoms in total. The molecule has 0 atom stereocenters. The van der Waals surface area contributed by atoms with E-state index < -0.39 is 23.4 Å². The molecule has 2 aromatic carbocycles. The first-order valence-electron chi connectivity index (χ1n) is 5.08. The molecule has 0 bridgehead atoms. The third-order valence-corrected chi connectivity index (χ3v) is 2.26. The van der Waals surface area contributed by atoms with E-state index in [0.29, 0.717) is 0 Å². The van der Waals surface area contributed by atoms with Gasteiger partial charge in [0.15, 0.2) is 11.6 Å². The number of hydrogen-bond donors (Lipinski definition) is 1. The molecule has 5 heteroatoms. The Morgan fingerprint density at radius 2 is 1.72 bits per heavy atom. The highest BCUT2D eigenvalue weighted by Crippen LogP contribution is 2.13. The van der Waals surface area contributed by atoms with E-state index in [-0.39, 0.29) is 11.3 Å². The fourth-order valence-corrected chi connectivity index (χ4v) is 1.41. The highest BCUT2D eigenvalue weighted by molar-refractivity contribution is 6.04. The smallest absolute Gasteiger partial charge is 0.255 e. The summed E-state index contributed by atoms with van der Waals surface area (Å²) in [4.78, 5) is 11.7. The Kier molecular flexibility index (Phi) is 3.32. The van der Waals surface area contributed by atoms with Crippen molar-refractivity contribution in [2.24, 2.45) is 0 Å². The van der Waals surface area contributed by atoms with E-state index in [2.05, 4.69) is 5.32 Å². The molecule has 92 valence electrons. The van der Waals surface area contributed by atoms with Gasteiger partial charge in [-0.15, -0.1) is 0 Å². The van der Waals surface area contributed by atoms with Gasteiger partial charge in [-0.25, -0.2) is 13.2 Å². The molecular weight excluding hydrogens is 243 g/mol. The average Bonchev–Trinajstić information content (AvgIpc) is 2.32. The summed E-state index contributed by atoms with van der Waals surface area (Å²) in [6.45, 7) is 0. The standard InChI is InChI=1S/C13H8F3NO/c14-9-2-1-3-10(7-9)17-13(18)8-4-5-11(15)12(16)6-8/h1-7H,(H,17,18). The van der Waals surface area contributed by atoms with Crippen LogP contribution in [0.5, 0.6) is 0 Å². The molecule has 1 N–H and O–H groups in total. The third kappa shape index (κ3) is 2.68. The second kappa shape index (κ2) is 4.91. The van der Waals surface area contributed by atoms with Crippen LogP contribution in [0.25, 0.3) is 0 Å². The zero-order valence-corrected chi connectivity index (χ0v) is 9.08. The second-order valence-electron chi connectivity index (χ2n) is 3.59. The summed E-state index contributed by atoms with van der Waals surface area (Å²) in [5, 5.41) is 2.38. The van der Waals surface area contributed by atoms with Crippen LogP contribution < -0.4 is 5.32 Å². The fraction of sp³-hybridized carbons (Fsp3) is 0. The minimum Gasteiger partial charge on any atom is -0.322 e. The molecule has 2 aromatic rings. The SMILES string of the molecule is O=C(Nc1cccc(F)c1)c1ccc(F)c(F)c1. The molecule has 0 aliphatic carbocycles. The summed E-state index contributed by atoms with van der Waals surface area (Å²) in [5.74, 6) is -3.28. The minimum atomic E-state index is -1.11. The molecule has 0 aromatic heterocycles. The van der Waals surface area contributed by atoms with Crippen molar-refractivity contribution in [1.82, 2.24) is 0 Å². The van der Waals surface area contributed by atoms with Crippen molar-refractivity contribution < 1.29 is 18.0 Å². The van der Waals surface area contributed by atoms with Crippen molar-refractivity contribution in [2.45, 2.75) is 0 Å². The molecule has 0 unspecified atom stereocenters. The first-order chi connectivity index (χ1) is 8.56.